The Morgan fingerprint density at radius 3 is 2.56 bits per heavy atom. The standard InChI is InChI=1S/C27H21Cl2N3O6S/c1-4-38-14-7-8-17-18(10-14)39-27(31-17)32-21(13-6-5-9-30-12-13)19(23(34)26(32)35)22(33)15-11-16(28)25(37-3)20(29)24(15)36-2/h5-12,21,33H,4H2,1-3H3/b22-19+. The second kappa shape index (κ2) is 10.7. The summed E-state index contributed by atoms with van der Waals surface area (Å²) in [5, 5.41) is 11.9. The molecule has 1 unspecified atom stereocenters. The summed E-state index contributed by atoms with van der Waals surface area (Å²) < 4.78 is 17.0. The first-order valence-corrected chi connectivity index (χ1v) is 13.2. The number of benzene rings is 2. The van der Waals surface area contributed by atoms with E-state index in [-0.39, 0.29) is 37.8 Å². The molecule has 5 rings (SSSR count). The molecule has 200 valence electrons. The highest BCUT2D eigenvalue weighted by molar-refractivity contribution is 7.22. The first-order valence-electron chi connectivity index (χ1n) is 11.6. The number of pyridine rings is 1. The molecule has 2 aromatic heterocycles. The zero-order chi connectivity index (χ0) is 27.8. The molecule has 9 nitrogen and oxygen atoms in total. The van der Waals surface area contributed by atoms with Crippen molar-refractivity contribution >= 4 is 67.3 Å². The van der Waals surface area contributed by atoms with Gasteiger partial charge in [-0.25, -0.2) is 4.98 Å². The normalized spacial score (nSPS) is 16.6. The molecule has 0 aliphatic carbocycles. The Morgan fingerprint density at radius 2 is 1.90 bits per heavy atom. The van der Waals surface area contributed by atoms with Crippen molar-refractivity contribution in [3.8, 4) is 17.2 Å². The van der Waals surface area contributed by atoms with Gasteiger partial charge in [0.25, 0.3) is 5.78 Å². The molecule has 12 heteroatoms. The van der Waals surface area contributed by atoms with Crippen molar-refractivity contribution in [1.29, 1.82) is 0 Å². The van der Waals surface area contributed by atoms with Crippen molar-refractivity contribution in [3.63, 3.8) is 0 Å². The molecular weight excluding hydrogens is 565 g/mol. The van der Waals surface area contributed by atoms with Gasteiger partial charge in [0.15, 0.2) is 16.6 Å². The summed E-state index contributed by atoms with van der Waals surface area (Å²) in [6.07, 6.45) is 3.08. The molecular formula is C27H21Cl2N3O6S. The molecule has 1 N–H and O–H groups in total. The number of ether oxygens (including phenoxy) is 3. The largest absolute Gasteiger partial charge is 0.507 e. The van der Waals surface area contributed by atoms with E-state index in [1.54, 1.807) is 30.5 Å². The molecule has 0 radical (unpaired) electrons. The monoisotopic (exact) mass is 585 g/mol. The number of halogens is 2. The summed E-state index contributed by atoms with van der Waals surface area (Å²) in [7, 11) is 2.73. The van der Waals surface area contributed by atoms with Crippen LogP contribution in [0.1, 0.15) is 24.1 Å². The van der Waals surface area contributed by atoms with Crippen molar-refractivity contribution in [3.05, 3.63) is 75.5 Å². The first kappa shape index (κ1) is 26.7. The maximum absolute atomic E-state index is 13.5. The van der Waals surface area contributed by atoms with E-state index in [9.17, 15) is 14.7 Å². The van der Waals surface area contributed by atoms with Gasteiger partial charge in [-0.1, -0.05) is 40.6 Å². The highest BCUT2D eigenvalue weighted by Crippen LogP contribution is 2.48. The first-order chi connectivity index (χ1) is 18.8. The maximum atomic E-state index is 13.5. The summed E-state index contributed by atoms with van der Waals surface area (Å²) in [4.78, 5) is 37.1. The molecule has 4 aromatic rings. The van der Waals surface area contributed by atoms with Gasteiger partial charge in [0.1, 0.15) is 16.5 Å². The van der Waals surface area contributed by atoms with Crippen LogP contribution in [0.4, 0.5) is 5.13 Å². The highest BCUT2D eigenvalue weighted by Gasteiger charge is 2.48. The third-order valence-electron chi connectivity index (χ3n) is 6.10. The Labute approximate surface area is 237 Å². The number of amides is 1. The lowest BCUT2D eigenvalue weighted by Gasteiger charge is -2.23. The molecule has 2 aromatic carbocycles. The fourth-order valence-electron chi connectivity index (χ4n) is 4.43. The quantitative estimate of drug-likeness (QED) is 0.159. The summed E-state index contributed by atoms with van der Waals surface area (Å²) in [5.41, 5.74) is 0.932. The maximum Gasteiger partial charge on any atom is 0.301 e. The van der Waals surface area contributed by atoms with E-state index < -0.39 is 23.5 Å². The number of nitrogens with zero attached hydrogens (tertiary/aromatic N) is 3. The van der Waals surface area contributed by atoms with Crippen molar-refractivity contribution in [2.24, 2.45) is 0 Å². The van der Waals surface area contributed by atoms with Gasteiger partial charge < -0.3 is 19.3 Å². The second-order valence-corrected chi connectivity index (χ2v) is 10.1. The molecule has 1 saturated heterocycles. The van der Waals surface area contributed by atoms with E-state index in [0.717, 1.165) is 4.70 Å². The molecule has 1 atom stereocenters. The number of Topliss-reactive ketones (excluding diaryl/α,β-unsaturated/α-hetero) is 1. The van der Waals surface area contributed by atoms with E-state index >= 15 is 0 Å². The van der Waals surface area contributed by atoms with Crippen molar-refractivity contribution in [2.45, 2.75) is 13.0 Å². The molecule has 3 heterocycles. The minimum Gasteiger partial charge on any atom is -0.507 e. The summed E-state index contributed by atoms with van der Waals surface area (Å²) >= 11 is 14.0. The zero-order valence-electron chi connectivity index (χ0n) is 20.9. The Hall–Kier alpha value is -3.86. The van der Waals surface area contributed by atoms with Crippen LogP contribution in [-0.4, -0.2) is 47.6 Å². The third-order valence-corrected chi connectivity index (χ3v) is 7.75. The SMILES string of the molecule is CCOc1ccc2nc(N3C(=O)C(=O)/C(=C(/O)c4cc(Cl)c(OC)c(Cl)c4OC)C3c3cccnc3)sc2c1. The van der Waals surface area contributed by atoms with Crippen LogP contribution in [-0.2, 0) is 9.59 Å². The van der Waals surface area contributed by atoms with E-state index in [0.29, 0.717) is 23.4 Å². The van der Waals surface area contributed by atoms with Gasteiger partial charge in [-0.3, -0.25) is 19.5 Å². The van der Waals surface area contributed by atoms with Crippen LogP contribution in [0, 0.1) is 0 Å². The van der Waals surface area contributed by atoms with Crippen LogP contribution >= 0.6 is 34.5 Å². The van der Waals surface area contributed by atoms with Crippen LogP contribution < -0.4 is 19.1 Å². The third kappa shape index (κ3) is 4.54. The molecule has 1 aliphatic heterocycles. The van der Waals surface area contributed by atoms with Gasteiger partial charge in [-0.15, -0.1) is 0 Å². The van der Waals surface area contributed by atoms with Crippen LogP contribution in [0.3, 0.4) is 0 Å². The molecule has 0 spiro atoms. The summed E-state index contributed by atoms with van der Waals surface area (Å²) in [6.45, 7) is 2.38. The number of carbonyl (C=O) groups is 2. The Balaban J connectivity index is 1.73. The lowest BCUT2D eigenvalue weighted by molar-refractivity contribution is -0.132. The summed E-state index contributed by atoms with van der Waals surface area (Å²) in [5.74, 6) is -1.48. The van der Waals surface area contributed by atoms with Gasteiger partial charge in [-0.05, 0) is 42.8 Å². The van der Waals surface area contributed by atoms with Gasteiger partial charge in [0.05, 0.1) is 53.2 Å². The molecule has 1 amide bonds. The fraction of sp³-hybridized carbons (Fsp3) is 0.185. The number of aromatic nitrogens is 2. The smallest absolute Gasteiger partial charge is 0.301 e. The number of carbonyl (C=O) groups excluding carboxylic acids is 2. The predicted molar refractivity (Wildman–Crippen MR) is 149 cm³/mol. The Morgan fingerprint density at radius 1 is 1.13 bits per heavy atom. The lowest BCUT2D eigenvalue weighted by Crippen LogP contribution is -2.29. The molecule has 1 fully saturated rings. The average molecular weight is 586 g/mol. The second-order valence-electron chi connectivity index (χ2n) is 8.30. The number of rotatable bonds is 7. The number of aliphatic hydroxyl groups excluding tert-OH is 1. The van der Waals surface area contributed by atoms with E-state index in [4.69, 9.17) is 37.4 Å². The number of hydrogen-bond acceptors (Lipinski definition) is 9. The van der Waals surface area contributed by atoms with Crippen LogP contribution in [0.5, 0.6) is 17.2 Å². The number of aliphatic hydroxyl groups is 1. The predicted octanol–water partition coefficient (Wildman–Crippen LogP) is 6.04. The number of ketones is 1. The van der Waals surface area contributed by atoms with Crippen LogP contribution in [0.2, 0.25) is 10.0 Å². The van der Waals surface area contributed by atoms with Crippen molar-refractivity contribution < 1.29 is 28.9 Å². The van der Waals surface area contributed by atoms with E-state index in [1.165, 1.54) is 42.7 Å². The summed E-state index contributed by atoms with van der Waals surface area (Å²) in [6, 6.07) is 9.07. The lowest BCUT2D eigenvalue weighted by atomic mass is 9.96. The Kier molecular flexibility index (Phi) is 7.35. The molecule has 0 bridgehead atoms. The molecule has 39 heavy (non-hydrogen) atoms. The number of hydrogen-bond donors (Lipinski definition) is 1. The van der Waals surface area contributed by atoms with Crippen LogP contribution in [0.15, 0.2) is 54.4 Å². The highest BCUT2D eigenvalue weighted by atomic mass is 35.5. The number of methoxy groups -OCH3 is 2. The minimum absolute atomic E-state index is 0.00233. The molecule has 0 saturated carbocycles. The van der Waals surface area contributed by atoms with Crippen molar-refractivity contribution in [1.82, 2.24) is 9.97 Å². The van der Waals surface area contributed by atoms with Crippen molar-refractivity contribution in [2.75, 3.05) is 25.7 Å². The zero-order valence-corrected chi connectivity index (χ0v) is 23.2. The van der Waals surface area contributed by atoms with E-state index in [2.05, 4.69) is 9.97 Å². The number of anilines is 1. The topological polar surface area (TPSA) is 111 Å². The average Bonchev–Trinajstić information content (AvgIpc) is 3.46. The number of thiazole rings is 1. The van der Waals surface area contributed by atoms with Crippen LogP contribution in [0.25, 0.3) is 16.0 Å². The van der Waals surface area contributed by atoms with Gasteiger partial charge in [0.2, 0.25) is 0 Å². The fourth-order valence-corrected chi connectivity index (χ4v) is 6.13. The molecule has 1 aliphatic rings. The van der Waals surface area contributed by atoms with Gasteiger partial charge in [0, 0.05) is 12.4 Å². The van der Waals surface area contributed by atoms with E-state index in [1.807, 2.05) is 13.0 Å². The van der Waals surface area contributed by atoms with Gasteiger partial charge in [-0.2, -0.15) is 0 Å². The number of fused-ring (bicyclic) bond motifs is 1. The Bertz CT molecular complexity index is 1640. The minimum atomic E-state index is -1.05. The van der Waals surface area contributed by atoms with Gasteiger partial charge >= 0.3 is 5.91 Å².